The largest absolute Gasteiger partial charge is 0.463 e. The first-order valence-electron chi connectivity index (χ1n) is 8.73. The molecule has 1 saturated heterocycles. The van der Waals surface area contributed by atoms with E-state index < -0.39 is 18.3 Å². The number of carbonyl (C=O) groups is 2. The Morgan fingerprint density at radius 1 is 1.04 bits per heavy atom. The summed E-state index contributed by atoms with van der Waals surface area (Å²) < 4.78 is 15.8. The summed E-state index contributed by atoms with van der Waals surface area (Å²) in [6.07, 6.45) is 4.11. The number of hydrogen-bond donors (Lipinski definition) is 1. The topological polar surface area (TPSA) is 82.1 Å². The first-order chi connectivity index (χ1) is 11.1. The lowest BCUT2D eigenvalue weighted by molar-refractivity contribution is -0.160. The van der Waals surface area contributed by atoms with E-state index in [0.29, 0.717) is 12.8 Å². The summed E-state index contributed by atoms with van der Waals surface area (Å²) in [5.41, 5.74) is 0. The molecule has 0 amide bonds. The minimum Gasteiger partial charge on any atom is -0.463 e. The fraction of sp³-hybridized carbons (Fsp3) is 0.882. The maximum atomic E-state index is 11.8. The van der Waals surface area contributed by atoms with Gasteiger partial charge in [0.05, 0.1) is 6.61 Å². The minimum absolute atomic E-state index is 0.00885. The Hall–Kier alpha value is -1.14. The number of rotatable bonds is 11. The molecule has 0 bridgehead atoms. The third kappa shape index (κ3) is 7.79. The van der Waals surface area contributed by atoms with Crippen LogP contribution in [0, 0.1) is 0 Å². The van der Waals surface area contributed by atoms with E-state index >= 15 is 0 Å². The Labute approximate surface area is 138 Å². The van der Waals surface area contributed by atoms with Crippen molar-refractivity contribution in [1.82, 2.24) is 0 Å². The highest BCUT2D eigenvalue weighted by molar-refractivity contribution is 5.70. The van der Waals surface area contributed by atoms with Crippen molar-refractivity contribution in [3.05, 3.63) is 0 Å². The van der Waals surface area contributed by atoms with Gasteiger partial charge in [-0.1, -0.05) is 39.5 Å². The van der Waals surface area contributed by atoms with Crippen molar-refractivity contribution in [3.63, 3.8) is 0 Å². The van der Waals surface area contributed by atoms with Gasteiger partial charge in [0.15, 0.2) is 6.10 Å². The summed E-state index contributed by atoms with van der Waals surface area (Å²) in [6.45, 7) is 4.23. The van der Waals surface area contributed by atoms with Gasteiger partial charge < -0.3 is 19.3 Å². The Morgan fingerprint density at radius 3 is 2.26 bits per heavy atom. The van der Waals surface area contributed by atoms with Crippen LogP contribution in [0.5, 0.6) is 0 Å². The fourth-order valence-electron chi connectivity index (χ4n) is 2.45. The average molecular weight is 330 g/mol. The van der Waals surface area contributed by atoms with Crippen LogP contribution in [-0.4, -0.2) is 48.6 Å². The van der Waals surface area contributed by atoms with Crippen molar-refractivity contribution < 1.29 is 28.9 Å². The number of carbonyl (C=O) groups excluding carboxylic acids is 2. The number of unbranched alkanes of at least 4 members (excludes halogenated alkanes) is 4. The molecule has 0 radical (unpaired) electrons. The second-order valence-electron chi connectivity index (χ2n) is 5.99. The summed E-state index contributed by atoms with van der Waals surface area (Å²) >= 11 is 0. The molecule has 3 atom stereocenters. The summed E-state index contributed by atoms with van der Waals surface area (Å²) in [7, 11) is 0. The van der Waals surface area contributed by atoms with E-state index in [1.54, 1.807) is 0 Å². The van der Waals surface area contributed by atoms with Crippen LogP contribution in [-0.2, 0) is 23.8 Å². The van der Waals surface area contributed by atoms with Gasteiger partial charge in [0.1, 0.15) is 18.8 Å². The molecule has 6 heteroatoms. The molecule has 1 N–H and O–H groups in total. The fourth-order valence-corrected chi connectivity index (χ4v) is 2.45. The van der Waals surface area contributed by atoms with Crippen LogP contribution in [0.25, 0.3) is 0 Å². The molecular weight excluding hydrogens is 300 g/mol. The first kappa shape index (κ1) is 19.9. The van der Waals surface area contributed by atoms with Gasteiger partial charge in [0, 0.05) is 12.8 Å². The summed E-state index contributed by atoms with van der Waals surface area (Å²) in [5.74, 6) is -0.622. The number of ether oxygens (including phenoxy) is 3. The smallest absolute Gasteiger partial charge is 0.306 e. The molecule has 23 heavy (non-hydrogen) atoms. The van der Waals surface area contributed by atoms with E-state index in [9.17, 15) is 14.7 Å². The lowest BCUT2D eigenvalue weighted by atomic mass is 10.1. The van der Waals surface area contributed by atoms with Crippen LogP contribution in [0.2, 0.25) is 0 Å². The van der Waals surface area contributed by atoms with Gasteiger partial charge in [-0.25, -0.2) is 0 Å². The molecule has 1 rings (SSSR count). The predicted octanol–water partition coefficient (Wildman–Crippen LogP) is 2.36. The highest BCUT2D eigenvalue weighted by Gasteiger charge is 2.39. The molecule has 6 nitrogen and oxygen atoms in total. The Balaban J connectivity index is 2.33. The molecule has 1 aliphatic heterocycles. The quantitative estimate of drug-likeness (QED) is 0.462. The van der Waals surface area contributed by atoms with Crippen LogP contribution in [0.15, 0.2) is 0 Å². The molecule has 0 spiro atoms. The van der Waals surface area contributed by atoms with Crippen LogP contribution in [0.3, 0.4) is 0 Å². The van der Waals surface area contributed by atoms with Gasteiger partial charge in [0.25, 0.3) is 0 Å². The van der Waals surface area contributed by atoms with Gasteiger partial charge in [0.2, 0.25) is 0 Å². The van der Waals surface area contributed by atoms with Crippen LogP contribution >= 0.6 is 0 Å². The highest BCUT2D eigenvalue weighted by atomic mass is 16.6. The van der Waals surface area contributed by atoms with Crippen LogP contribution in [0.1, 0.15) is 65.2 Å². The SMILES string of the molecule is CCCCCC(=O)OC[C@@H]1OC[C@H](O)[C@@H]1OC(=O)CCCCC. The van der Waals surface area contributed by atoms with Crippen molar-refractivity contribution in [3.8, 4) is 0 Å². The second kappa shape index (κ2) is 11.4. The molecule has 134 valence electrons. The van der Waals surface area contributed by atoms with Gasteiger partial charge >= 0.3 is 11.9 Å². The summed E-state index contributed by atoms with van der Waals surface area (Å²) in [5, 5.41) is 9.88. The predicted molar refractivity (Wildman–Crippen MR) is 84.9 cm³/mol. The third-order valence-corrected chi connectivity index (χ3v) is 3.87. The zero-order valence-electron chi connectivity index (χ0n) is 14.3. The van der Waals surface area contributed by atoms with Crippen LogP contribution in [0.4, 0.5) is 0 Å². The normalized spacial score (nSPS) is 23.7. The lowest BCUT2D eigenvalue weighted by Gasteiger charge is -2.20. The molecule has 1 fully saturated rings. The Bertz CT molecular complexity index is 357. The van der Waals surface area contributed by atoms with E-state index in [1.807, 2.05) is 0 Å². The van der Waals surface area contributed by atoms with Gasteiger partial charge in [-0.15, -0.1) is 0 Å². The molecule has 0 aromatic heterocycles. The maximum absolute atomic E-state index is 11.8. The molecule has 0 aromatic carbocycles. The summed E-state index contributed by atoms with van der Waals surface area (Å²) in [4.78, 5) is 23.4. The Kier molecular flexibility index (Phi) is 9.87. The second-order valence-corrected chi connectivity index (χ2v) is 5.99. The third-order valence-electron chi connectivity index (χ3n) is 3.87. The molecule has 1 heterocycles. The molecule has 1 aliphatic rings. The highest BCUT2D eigenvalue weighted by Crippen LogP contribution is 2.20. The molecule has 0 aromatic rings. The van der Waals surface area contributed by atoms with E-state index in [1.165, 1.54) is 0 Å². The lowest BCUT2D eigenvalue weighted by Crippen LogP contribution is -2.38. The molecule has 0 unspecified atom stereocenters. The van der Waals surface area contributed by atoms with E-state index in [-0.39, 0.29) is 25.2 Å². The van der Waals surface area contributed by atoms with E-state index in [2.05, 4.69) is 13.8 Å². The maximum Gasteiger partial charge on any atom is 0.306 e. The van der Waals surface area contributed by atoms with Crippen molar-refractivity contribution >= 4 is 11.9 Å². The van der Waals surface area contributed by atoms with Crippen molar-refractivity contribution in [2.75, 3.05) is 13.2 Å². The number of hydrogen-bond acceptors (Lipinski definition) is 6. The molecular formula is C17H30O6. The standard InChI is InChI=1S/C17H30O6/c1-3-5-7-9-15(19)22-12-14-17(13(18)11-21-14)23-16(20)10-8-6-4-2/h13-14,17-18H,3-12H2,1-2H3/t13-,14-,17-/m0/s1. The van der Waals surface area contributed by atoms with E-state index in [0.717, 1.165) is 38.5 Å². The van der Waals surface area contributed by atoms with Crippen molar-refractivity contribution in [2.45, 2.75) is 83.5 Å². The summed E-state index contributed by atoms with van der Waals surface area (Å²) in [6, 6.07) is 0. The van der Waals surface area contributed by atoms with Crippen LogP contribution < -0.4 is 0 Å². The van der Waals surface area contributed by atoms with Gasteiger partial charge in [-0.05, 0) is 12.8 Å². The minimum atomic E-state index is -0.867. The number of esters is 2. The number of aliphatic hydroxyl groups excluding tert-OH is 1. The molecule has 0 saturated carbocycles. The van der Waals surface area contributed by atoms with E-state index in [4.69, 9.17) is 14.2 Å². The van der Waals surface area contributed by atoms with Gasteiger partial charge in [-0.2, -0.15) is 0 Å². The molecule has 0 aliphatic carbocycles. The number of aliphatic hydroxyl groups is 1. The average Bonchev–Trinajstić information content (AvgIpc) is 2.86. The zero-order chi connectivity index (χ0) is 17.1. The zero-order valence-corrected chi connectivity index (χ0v) is 14.3. The van der Waals surface area contributed by atoms with Crippen molar-refractivity contribution in [1.29, 1.82) is 0 Å². The van der Waals surface area contributed by atoms with Gasteiger partial charge in [-0.3, -0.25) is 9.59 Å². The Morgan fingerprint density at radius 2 is 1.65 bits per heavy atom. The monoisotopic (exact) mass is 330 g/mol. The first-order valence-corrected chi connectivity index (χ1v) is 8.73. The van der Waals surface area contributed by atoms with Crippen molar-refractivity contribution in [2.24, 2.45) is 0 Å².